The Kier molecular flexibility index (Phi) is 6.86. The third kappa shape index (κ3) is 6.00. The first-order valence-electron chi connectivity index (χ1n) is 8.02. The van der Waals surface area contributed by atoms with Gasteiger partial charge in [-0.15, -0.1) is 11.8 Å². The van der Waals surface area contributed by atoms with E-state index in [1.807, 2.05) is 0 Å². The Bertz CT molecular complexity index is 945. The SMILES string of the molecule is Cc1ccccc1N(CC(=O)Nc1ccccc1SCC(N)=O)S(C)(=O)=O. The molecule has 0 fully saturated rings. The van der Waals surface area contributed by atoms with Crippen LogP contribution in [0.3, 0.4) is 0 Å². The number of benzene rings is 2. The quantitative estimate of drug-likeness (QED) is 0.650. The average Bonchev–Trinajstić information content (AvgIpc) is 2.58. The Labute approximate surface area is 163 Å². The summed E-state index contributed by atoms with van der Waals surface area (Å²) in [6, 6.07) is 13.9. The molecule has 144 valence electrons. The van der Waals surface area contributed by atoms with E-state index in [1.54, 1.807) is 55.5 Å². The number of hydrogen-bond acceptors (Lipinski definition) is 5. The molecule has 3 N–H and O–H groups in total. The molecule has 2 aromatic rings. The Morgan fingerprint density at radius 2 is 1.74 bits per heavy atom. The van der Waals surface area contributed by atoms with Gasteiger partial charge in [0.05, 0.1) is 23.4 Å². The van der Waals surface area contributed by atoms with E-state index < -0.39 is 21.8 Å². The van der Waals surface area contributed by atoms with Gasteiger partial charge in [-0.3, -0.25) is 13.9 Å². The predicted octanol–water partition coefficient (Wildman–Crippen LogP) is 1.98. The van der Waals surface area contributed by atoms with Crippen molar-refractivity contribution >= 4 is 45.0 Å². The second-order valence-electron chi connectivity index (χ2n) is 5.86. The third-order valence-corrected chi connectivity index (χ3v) is 5.83. The number of hydrogen-bond donors (Lipinski definition) is 2. The van der Waals surface area contributed by atoms with Crippen LogP contribution in [0, 0.1) is 6.92 Å². The van der Waals surface area contributed by atoms with Crippen molar-refractivity contribution < 1.29 is 18.0 Å². The summed E-state index contributed by atoms with van der Waals surface area (Å²) in [7, 11) is -3.65. The number of para-hydroxylation sites is 2. The molecule has 27 heavy (non-hydrogen) atoms. The van der Waals surface area contributed by atoms with Crippen LogP contribution < -0.4 is 15.4 Å². The van der Waals surface area contributed by atoms with Crippen molar-refractivity contribution in [3.8, 4) is 0 Å². The number of rotatable bonds is 8. The molecule has 0 unspecified atom stereocenters. The summed E-state index contributed by atoms with van der Waals surface area (Å²) in [6.45, 7) is 1.42. The zero-order chi connectivity index (χ0) is 20.0. The highest BCUT2D eigenvalue weighted by atomic mass is 32.2. The monoisotopic (exact) mass is 407 g/mol. The number of sulfonamides is 1. The van der Waals surface area contributed by atoms with Crippen LogP contribution >= 0.6 is 11.8 Å². The standard InChI is InChI=1S/C18H21N3O4S2/c1-13-7-3-5-9-15(13)21(27(2,24)25)11-18(23)20-14-8-4-6-10-16(14)26-12-17(19)22/h3-10H,11-12H2,1-2H3,(H2,19,22)(H,20,23). The molecule has 0 aliphatic carbocycles. The van der Waals surface area contributed by atoms with Gasteiger partial charge in [0.1, 0.15) is 6.54 Å². The number of amides is 2. The van der Waals surface area contributed by atoms with E-state index in [1.165, 1.54) is 11.8 Å². The van der Waals surface area contributed by atoms with E-state index in [0.717, 1.165) is 16.1 Å². The molecule has 0 aromatic heterocycles. The van der Waals surface area contributed by atoms with Crippen molar-refractivity contribution in [1.29, 1.82) is 0 Å². The molecule has 0 bridgehead atoms. The van der Waals surface area contributed by atoms with Crippen molar-refractivity contribution in [2.75, 3.05) is 28.2 Å². The van der Waals surface area contributed by atoms with Crippen LogP contribution in [0.2, 0.25) is 0 Å². The lowest BCUT2D eigenvalue weighted by molar-refractivity contribution is -0.116. The zero-order valence-corrected chi connectivity index (χ0v) is 16.6. The lowest BCUT2D eigenvalue weighted by Gasteiger charge is -2.23. The number of nitrogens with zero attached hydrogens (tertiary/aromatic N) is 1. The highest BCUT2D eigenvalue weighted by Crippen LogP contribution is 2.27. The molecule has 7 nitrogen and oxygen atoms in total. The number of carbonyl (C=O) groups excluding carboxylic acids is 2. The Morgan fingerprint density at radius 1 is 1.11 bits per heavy atom. The highest BCUT2D eigenvalue weighted by Gasteiger charge is 2.22. The van der Waals surface area contributed by atoms with Crippen LogP contribution in [-0.4, -0.2) is 38.8 Å². The van der Waals surface area contributed by atoms with Crippen LogP contribution in [0.15, 0.2) is 53.4 Å². The largest absolute Gasteiger partial charge is 0.369 e. The number of anilines is 2. The Balaban J connectivity index is 2.20. The maximum atomic E-state index is 12.5. The molecule has 0 heterocycles. The van der Waals surface area contributed by atoms with Gasteiger partial charge in [0, 0.05) is 4.90 Å². The second-order valence-corrected chi connectivity index (χ2v) is 8.78. The summed E-state index contributed by atoms with van der Waals surface area (Å²) in [5.74, 6) is -0.884. The Hall–Kier alpha value is -2.52. The molecule has 9 heteroatoms. The van der Waals surface area contributed by atoms with Gasteiger partial charge in [0.25, 0.3) is 0 Å². The van der Waals surface area contributed by atoms with E-state index in [0.29, 0.717) is 16.3 Å². The lowest BCUT2D eigenvalue weighted by atomic mass is 10.2. The first-order chi connectivity index (χ1) is 12.7. The molecule has 2 rings (SSSR count). The minimum Gasteiger partial charge on any atom is -0.369 e. The van der Waals surface area contributed by atoms with E-state index in [9.17, 15) is 18.0 Å². The molecule has 0 aliphatic rings. The molecule has 0 atom stereocenters. The molecular formula is C18H21N3O4S2. The molecule has 0 saturated carbocycles. The summed E-state index contributed by atoms with van der Waals surface area (Å²) < 4.78 is 25.5. The van der Waals surface area contributed by atoms with Crippen LogP contribution in [0.5, 0.6) is 0 Å². The maximum absolute atomic E-state index is 12.5. The topological polar surface area (TPSA) is 110 Å². The summed E-state index contributed by atoms with van der Waals surface area (Å²) in [5, 5.41) is 2.71. The van der Waals surface area contributed by atoms with Gasteiger partial charge in [-0.2, -0.15) is 0 Å². The van der Waals surface area contributed by atoms with E-state index >= 15 is 0 Å². The number of aryl methyl sites for hydroxylation is 1. The van der Waals surface area contributed by atoms with Gasteiger partial charge in [-0.05, 0) is 30.7 Å². The van der Waals surface area contributed by atoms with Gasteiger partial charge in [0.2, 0.25) is 21.8 Å². The smallest absolute Gasteiger partial charge is 0.245 e. The normalized spacial score (nSPS) is 11.0. The first-order valence-corrected chi connectivity index (χ1v) is 10.8. The van der Waals surface area contributed by atoms with Gasteiger partial charge in [-0.1, -0.05) is 30.3 Å². The predicted molar refractivity (Wildman–Crippen MR) is 108 cm³/mol. The molecule has 0 aliphatic heterocycles. The zero-order valence-electron chi connectivity index (χ0n) is 15.0. The number of thioether (sulfide) groups is 1. The Morgan fingerprint density at radius 3 is 2.37 bits per heavy atom. The number of nitrogens with one attached hydrogen (secondary N) is 1. The molecule has 0 radical (unpaired) electrons. The number of carbonyl (C=O) groups is 2. The van der Waals surface area contributed by atoms with E-state index in [4.69, 9.17) is 5.73 Å². The number of primary amides is 1. The molecule has 2 aromatic carbocycles. The van der Waals surface area contributed by atoms with E-state index in [-0.39, 0.29) is 12.3 Å². The summed E-state index contributed by atoms with van der Waals surface area (Å²) in [5.41, 5.74) is 6.85. The fourth-order valence-corrected chi connectivity index (χ4v) is 4.05. The first kappa shape index (κ1) is 20.8. The van der Waals surface area contributed by atoms with Crippen LogP contribution in [0.1, 0.15) is 5.56 Å². The van der Waals surface area contributed by atoms with E-state index in [2.05, 4.69) is 5.32 Å². The van der Waals surface area contributed by atoms with Crippen molar-refractivity contribution in [1.82, 2.24) is 0 Å². The molecule has 0 saturated heterocycles. The average molecular weight is 408 g/mol. The van der Waals surface area contributed by atoms with Crippen LogP contribution in [0.25, 0.3) is 0 Å². The minimum atomic E-state index is -3.65. The maximum Gasteiger partial charge on any atom is 0.245 e. The fraction of sp³-hybridized carbons (Fsp3) is 0.222. The third-order valence-electron chi connectivity index (χ3n) is 3.60. The fourth-order valence-electron chi connectivity index (χ4n) is 2.39. The highest BCUT2D eigenvalue weighted by molar-refractivity contribution is 8.00. The van der Waals surface area contributed by atoms with Crippen molar-refractivity contribution in [3.63, 3.8) is 0 Å². The van der Waals surface area contributed by atoms with Crippen molar-refractivity contribution in [2.45, 2.75) is 11.8 Å². The molecule has 2 amide bonds. The van der Waals surface area contributed by atoms with Crippen LogP contribution in [0.4, 0.5) is 11.4 Å². The van der Waals surface area contributed by atoms with Crippen molar-refractivity contribution in [3.05, 3.63) is 54.1 Å². The molecule has 0 spiro atoms. The minimum absolute atomic E-state index is 0.0750. The van der Waals surface area contributed by atoms with Crippen LogP contribution in [-0.2, 0) is 19.6 Å². The van der Waals surface area contributed by atoms with Gasteiger partial charge >= 0.3 is 0 Å². The summed E-state index contributed by atoms with van der Waals surface area (Å²) in [4.78, 5) is 24.2. The van der Waals surface area contributed by atoms with Gasteiger partial charge in [0.15, 0.2) is 0 Å². The lowest BCUT2D eigenvalue weighted by Crippen LogP contribution is -2.37. The summed E-state index contributed by atoms with van der Waals surface area (Å²) >= 11 is 1.20. The molecular weight excluding hydrogens is 386 g/mol. The van der Waals surface area contributed by atoms with Gasteiger partial charge < -0.3 is 11.1 Å². The van der Waals surface area contributed by atoms with Gasteiger partial charge in [-0.25, -0.2) is 8.42 Å². The number of nitrogens with two attached hydrogens (primary N) is 1. The second kappa shape index (κ2) is 8.92. The van der Waals surface area contributed by atoms with Crippen molar-refractivity contribution in [2.24, 2.45) is 5.73 Å². The summed E-state index contributed by atoms with van der Waals surface area (Å²) in [6.07, 6.45) is 1.06.